The van der Waals surface area contributed by atoms with Gasteiger partial charge in [-0.3, -0.25) is 0 Å². The molecule has 0 aliphatic heterocycles. The first-order chi connectivity index (χ1) is 8.08. The van der Waals surface area contributed by atoms with Gasteiger partial charge in [0.05, 0.1) is 6.10 Å². The molecule has 17 heavy (non-hydrogen) atoms. The van der Waals surface area contributed by atoms with E-state index in [0.29, 0.717) is 0 Å². The van der Waals surface area contributed by atoms with Gasteiger partial charge in [0, 0.05) is 23.7 Å². The largest absolute Gasteiger partial charge is 0.393 e. The van der Waals surface area contributed by atoms with Gasteiger partial charge < -0.3 is 10.0 Å². The van der Waals surface area contributed by atoms with Crippen molar-refractivity contribution in [1.82, 2.24) is 4.90 Å². The molecule has 96 valence electrons. The highest BCUT2D eigenvalue weighted by molar-refractivity contribution is 7.99. The van der Waals surface area contributed by atoms with Crippen LogP contribution in [0.15, 0.2) is 29.2 Å². The molecule has 0 saturated heterocycles. The van der Waals surface area contributed by atoms with E-state index in [1.54, 1.807) is 0 Å². The molecule has 0 aromatic heterocycles. The Bertz CT molecular complexity index is 311. The van der Waals surface area contributed by atoms with Crippen molar-refractivity contribution in [3.8, 4) is 0 Å². The molecular formula is C14H23NOS. The van der Waals surface area contributed by atoms with Crippen molar-refractivity contribution < 1.29 is 5.11 Å². The number of rotatable bonds is 7. The number of aryl methyl sites for hydroxylation is 1. The lowest BCUT2D eigenvalue weighted by Crippen LogP contribution is -2.24. The van der Waals surface area contributed by atoms with Gasteiger partial charge in [-0.1, -0.05) is 17.7 Å². The van der Waals surface area contributed by atoms with E-state index in [1.165, 1.54) is 10.5 Å². The number of thioether (sulfide) groups is 1. The number of aliphatic hydroxyl groups is 1. The minimum Gasteiger partial charge on any atom is -0.393 e. The number of nitrogens with zero attached hydrogens (tertiary/aromatic N) is 1. The SMILES string of the molecule is Cc1ccc(SCCN(C)CCC(C)O)cc1. The van der Waals surface area contributed by atoms with Crippen LogP contribution in [0, 0.1) is 6.92 Å². The maximum atomic E-state index is 9.20. The molecule has 0 heterocycles. The third-order valence-electron chi connectivity index (χ3n) is 2.69. The lowest BCUT2D eigenvalue weighted by atomic mass is 10.2. The summed E-state index contributed by atoms with van der Waals surface area (Å²) in [5.74, 6) is 1.10. The molecule has 0 radical (unpaired) electrons. The van der Waals surface area contributed by atoms with E-state index in [9.17, 15) is 5.11 Å². The van der Waals surface area contributed by atoms with Gasteiger partial charge in [0.2, 0.25) is 0 Å². The molecule has 0 aliphatic carbocycles. The first-order valence-electron chi connectivity index (χ1n) is 6.14. The monoisotopic (exact) mass is 253 g/mol. The van der Waals surface area contributed by atoms with Gasteiger partial charge in [0.25, 0.3) is 0 Å². The van der Waals surface area contributed by atoms with Gasteiger partial charge in [0.15, 0.2) is 0 Å². The second kappa shape index (κ2) is 7.75. The van der Waals surface area contributed by atoms with Crippen LogP contribution in [-0.2, 0) is 0 Å². The van der Waals surface area contributed by atoms with Crippen molar-refractivity contribution in [2.45, 2.75) is 31.3 Å². The van der Waals surface area contributed by atoms with Crippen molar-refractivity contribution in [1.29, 1.82) is 0 Å². The number of benzene rings is 1. The maximum Gasteiger partial charge on any atom is 0.0524 e. The average Bonchev–Trinajstić information content (AvgIpc) is 2.29. The van der Waals surface area contributed by atoms with Crippen molar-refractivity contribution >= 4 is 11.8 Å². The van der Waals surface area contributed by atoms with Crippen LogP contribution in [0.4, 0.5) is 0 Å². The van der Waals surface area contributed by atoms with Crippen LogP contribution in [-0.4, -0.2) is 42.0 Å². The Balaban J connectivity index is 2.16. The van der Waals surface area contributed by atoms with Gasteiger partial charge in [-0.25, -0.2) is 0 Å². The zero-order chi connectivity index (χ0) is 12.7. The van der Waals surface area contributed by atoms with Crippen LogP contribution in [0.3, 0.4) is 0 Å². The smallest absolute Gasteiger partial charge is 0.0524 e. The lowest BCUT2D eigenvalue weighted by Gasteiger charge is -2.17. The molecular weight excluding hydrogens is 230 g/mol. The maximum absolute atomic E-state index is 9.20. The quantitative estimate of drug-likeness (QED) is 0.756. The number of hydrogen-bond acceptors (Lipinski definition) is 3. The van der Waals surface area contributed by atoms with Crippen LogP contribution in [0.2, 0.25) is 0 Å². The molecule has 1 unspecified atom stereocenters. The number of hydrogen-bond donors (Lipinski definition) is 1. The first-order valence-corrected chi connectivity index (χ1v) is 7.12. The van der Waals surface area contributed by atoms with Crippen LogP contribution >= 0.6 is 11.8 Å². The zero-order valence-electron chi connectivity index (χ0n) is 11.0. The van der Waals surface area contributed by atoms with Gasteiger partial charge in [-0.05, 0) is 39.4 Å². The number of aliphatic hydroxyl groups excluding tert-OH is 1. The Labute approximate surface area is 109 Å². The normalized spacial score (nSPS) is 13.0. The minimum absolute atomic E-state index is 0.192. The van der Waals surface area contributed by atoms with Gasteiger partial charge >= 0.3 is 0 Å². The lowest BCUT2D eigenvalue weighted by molar-refractivity contribution is 0.166. The minimum atomic E-state index is -0.192. The third-order valence-corrected chi connectivity index (χ3v) is 3.68. The zero-order valence-corrected chi connectivity index (χ0v) is 11.8. The highest BCUT2D eigenvalue weighted by atomic mass is 32.2. The summed E-state index contributed by atoms with van der Waals surface area (Å²) in [5, 5.41) is 9.20. The summed E-state index contributed by atoms with van der Waals surface area (Å²) >= 11 is 1.89. The van der Waals surface area contributed by atoms with Crippen molar-refractivity contribution in [2.24, 2.45) is 0 Å². The summed E-state index contributed by atoms with van der Waals surface area (Å²) in [4.78, 5) is 3.60. The highest BCUT2D eigenvalue weighted by Gasteiger charge is 2.01. The molecule has 1 aromatic carbocycles. The van der Waals surface area contributed by atoms with Crippen molar-refractivity contribution in [3.05, 3.63) is 29.8 Å². The van der Waals surface area contributed by atoms with Gasteiger partial charge in [0.1, 0.15) is 0 Å². The fraction of sp³-hybridized carbons (Fsp3) is 0.571. The summed E-state index contributed by atoms with van der Waals surface area (Å²) in [5.41, 5.74) is 1.31. The molecule has 1 rings (SSSR count). The second-order valence-electron chi connectivity index (χ2n) is 4.60. The van der Waals surface area contributed by atoms with Crippen LogP contribution in [0.5, 0.6) is 0 Å². The van der Waals surface area contributed by atoms with Crippen molar-refractivity contribution in [3.63, 3.8) is 0 Å². The Hall–Kier alpha value is -0.510. The fourth-order valence-electron chi connectivity index (χ4n) is 1.47. The summed E-state index contributed by atoms with van der Waals surface area (Å²) in [6.45, 7) is 5.98. The van der Waals surface area contributed by atoms with Crippen LogP contribution in [0.1, 0.15) is 18.9 Å². The topological polar surface area (TPSA) is 23.5 Å². The molecule has 0 amide bonds. The molecule has 0 saturated carbocycles. The van der Waals surface area contributed by atoms with Crippen LogP contribution in [0.25, 0.3) is 0 Å². The third kappa shape index (κ3) is 6.71. The predicted molar refractivity (Wildman–Crippen MR) is 75.7 cm³/mol. The van der Waals surface area contributed by atoms with E-state index in [-0.39, 0.29) is 6.10 Å². The van der Waals surface area contributed by atoms with Crippen LogP contribution < -0.4 is 0 Å². The Morgan fingerprint density at radius 3 is 2.47 bits per heavy atom. The molecule has 1 N–H and O–H groups in total. The summed E-state index contributed by atoms with van der Waals surface area (Å²) in [6, 6.07) is 8.66. The predicted octanol–water partition coefficient (Wildman–Crippen LogP) is 2.79. The second-order valence-corrected chi connectivity index (χ2v) is 5.77. The molecule has 0 fully saturated rings. The Morgan fingerprint density at radius 2 is 1.88 bits per heavy atom. The first kappa shape index (κ1) is 14.6. The molecule has 2 nitrogen and oxygen atoms in total. The van der Waals surface area contributed by atoms with E-state index >= 15 is 0 Å². The molecule has 0 bridgehead atoms. The van der Waals surface area contributed by atoms with Crippen molar-refractivity contribution in [2.75, 3.05) is 25.9 Å². The summed E-state index contributed by atoms with van der Waals surface area (Å²) < 4.78 is 0. The fourth-order valence-corrected chi connectivity index (χ4v) is 2.44. The molecule has 0 spiro atoms. The van der Waals surface area contributed by atoms with E-state index in [2.05, 4.69) is 43.1 Å². The molecule has 1 atom stereocenters. The van der Waals surface area contributed by atoms with E-state index < -0.39 is 0 Å². The van der Waals surface area contributed by atoms with E-state index in [1.807, 2.05) is 18.7 Å². The average molecular weight is 253 g/mol. The van der Waals surface area contributed by atoms with Gasteiger partial charge in [-0.2, -0.15) is 0 Å². The van der Waals surface area contributed by atoms with Gasteiger partial charge in [-0.15, -0.1) is 11.8 Å². The Kier molecular flexibility index (Phi) is 6.63. The summed E-state index contributed by atoms with van der Waals surface area (Å²) in [7, 11) is 2.11. The van der Waals surface area contributed by atoms with E-state index in [4.69, 9.17) is 0 Å². The standard InChI is InChI=1S/C14H23NOS/c1-12-4-6-14(7-5-12)17-11-10-15(3)9-8-13(2)16/h4-7,13,16H,8-11H2,1-3H3. The highest BCUT2D eigenvalue weighted by Crippen LogP contribution is 2.17. The molecule has 3 heteroatoms. The molecule has 1 aromatic rings. The Morgan fingerprint density at radius 1 is 1.24 bits per heavy atom. The molecule has 0 aliphatic rings. The summed E-state index contributed by atoms with van der Waals surface area (Å²) in [6.07, 6.45) is 0.660. The van der Waals surface area contributed by atoms with E-state index in [0.717, 1.165) is 25.3 Å².